The van der Waals surface area contributed by atoms with E-state index in [0.29, 0.717) is 6.04 Å². The van der Waals surface area contributed by atoms with E-state index in [1.165, 1.54) is 11.1 Å². The highest BCUT2D eigenvalue weighted by molar-refractivity contribution is 5.85. The monoisotopic (exact) mass is 310 g/mol. The number of rotatable bonds is 4. The molecular formula is C17H27ClN2O. The highest BCUT2D eigenvalue weighted by Gasteiger charge is 2.26. The van der Waals surface area contributed by atoms with Crippen molar-refractivity contribution in [3.8, 4) is 0 Å². The molecule has 2 N–H and O–H groups in total. The van der Waals surface area contributed by atoms with E-state index >= 15 is 0 Å². The van der Waals surface area contributed by atoms with Crippen molar-refractivity contribution in [1.82, 2.24) is 10.6 Å². The van der Waals surface area contributed by atoms with Gasteiger partial charge in [-0.1, -0.05) is 36.8 Å². The largest absolute Gasteiger partial charge is 0.349 e. The van der Waals surface area contributed by atoms with Crippen molar-refractivity contribution in [1.29, 1.82) is 0 Å². The minimum atomic E-state index is 0. The molecule has 0 aliphatic carbocycles. The average Bonchev–Trinajstić information content (AvgIpc) is 2.45. The Balaban J connectivity index is 0.00000220. The van der Waals surface area contributed by atoms with E-state index in [2.05, 4.69) is 55.7 Å². The van der Waals surface area contributed by atoms with Crippen LogP contribution in [0.15, 0.2) is 24.3 Å². The lowest BCUT2D eigenvalue weighted by Crippen LogP contribution is -2.43. The predicted molar refractivity (Wildman–Crippen MR) is 89.8 cm³/mol. The second-order valence-corrected chi connectivity index (χ2v) is 5.96. The molecular weight excluding hydrogens is 284 g/mol. The molecule has 3 atom stereocenters. The molecule has 0 bridgehead atoms. The van der Waals surface area contributed by atoms with Crippen molar-refractivity contribution >= 4 is 18.3 Å². The molecule has 2 rings (SSSR count). The summed E-state index contributed by atoms with van der Waals surface area (Å²) in [6.45, 7) is 7.30. The summed E-state index contributed by atoms with van der Waals surface area (Å²) in [7, 11) is 0. The quantitative estimate of drug-likeness (QED) is 0.895. The molecule has 1 heterocycles. The third-order valence-corrected chi connectivity index (χ3v) is 4.20. The van der Waals surface area contributed by atoms with E-state index < -0.39 is 0 Å². The van der Waals surface area contributed by atoms with Crippen molar-refractivity contribution in [3.05, 3.63) is 35.4 Å². The highest BCUT2D eigenvalue weighted by Crippen LogP contribution is 2.21. The van der Waals surface area contributed by atoms with Gasteiger partial charge in [-0.25, -0.2) is 0 Å². The van der Waals surface area contributed by atoms with Gasteiger partial charge in [0.05, 0.1) is 6.04 Å². The van der Waals surface area contributed by atoms with Crippen LogP contribution in [0.4, 0.5) is 0 Å². The fourth-order valence-corrected chi connectivity index (χ4v) is 2.88. The SMILES string of the molecule is CCC(NC(=O)[C@H]1CCN[C@@H](C)C1)c1ccc(C)cc1.Cl. The Hall–Kier alpha value is -1.06. The molecule has 1 amide bonds. The first-order chi connectivity index (χ1) is 9.60. The van der Waals surface area contributed by atoms with Crippen LogP contribution in [-0.4, -0.2) is 18.5 Å². The van der Waals surface area contributed by atoms with Crippen molar-refractivity contribution in [2.75, 3.05) is 6.54 Å². The first kappa shape index (κ1) is 18.0. The minimum Gasteiger partial charge on any atom is -0.349 e. The summed E-state index contributed by atoms with van der Waals surface area (Å²) in [6, 6.07) is 9.03. The molecule has 1 aliphatic rings. The lowest BCUT2D eigenvalue weighted by molar-refractivity contribution is -0.126. The van der Waals surface area contributed by atoms with Gasteiger partial charge >= 0.3 is 0 Å². The van der Waals surface area contributed by atoms with Gasteiger partial charge in [-0.15, -0.1) is 12.4 Å². The zero-order valence-corrected chi connectivity index (χ0v) is 14.0. The van der Waals surface area contributed by atoms with Crippen molar-refractivity contribution in [2.45, 2.75) is 52.1 Å². The van der Waals surface area contributed by atoms with Gasteiger partial charge in [-0.2, -0.15) is 0 Å². The molecule has 0 saturated carbocycles. The van der Waals surface area contributed by atoms with E-state index in [1.807, 2.05) is 0 Å². The van der Waals surface area contributed by atoms with Crippen molar-refractivity contribution in [3.63, 3.8) is 0 Å². The number of piperidine rings is 1. The summed E-state index contributed by atoms with van der Waals surface area (Å²) in [4.78, 5) is 12.4. The zero-order chi connectivity index (χ0) is 14.5. The van der Waals surface area contributed by atoms with Crippen LogP contribution in [0.5, 0.6) is 0 Å². The van der Waals surface area contributed by atoms with Gasteiger partial charge in [-0.05, 0) is 45.2 Å². The van der Waals surface area contributed by atoms with Crippen LogP contribution < -0.4 is 10.6 Å². The minimum absolute atomic E-state index is 0. The van der Waals surface area contributed by atoms with Gasteiger partial charge in [0.25, 0.3) is 0 Å². The number of carbonyl (C=O) groups excluding carboxylic acids is 1. The topological polar surface area (TPSA) is 41.1 Å². The lowest BCUT2D eigenvalue weighted by Gasteiger charge is -2.29. The van der Waals surface area contributed by atoms with Crippen molar-refractivity contribution in [2.24, 2.45) is 5.92 Å². The molecule has 4 heteroatoms. The molecule has 1 aliphatic heterocycles. The smallest absolute Gasteiger partial charge is 0.223 e. The Labute approximate surface area is 134 Å². The Morgan fingerprint density at radius 1 is 1.38 bits per heavy atom. The molecule has 0 radical (unpaired) electrons. The molecule has 1 unspecified atom stereocenters. The molecule has 3 nitrogen and oxygen atoms in total. The molecule has 1 fully saturated rings. The standard InChI is InChI=1S/C17H26N2O.ClH/c1-4-16(14-7-5-12(2)6-8-14)19-17(20)15-9-10-18-13(3)11-15;/h5-8,13,15-16,18H,4,9-11H2,1-3H3,(H,19,20);1H/t13-,15-,16?;/m0./s1. The summed E-state index contributed by atoms with van der Waals surface area (Å²) < 4.78 is 0. The normalized spacial score (nSPS) is 23.0. The zero-order valence-electron chi connectivity index (χ0n) is 13.2. The Morgan fingerprint density at radius 2 is 2.05 bits per heavy atom. The van der Waals surface area contributed by atoms with Gasteiger partial charge in [0.1, 0.15) is 0 Å². The summed E-state index contributed by atoms with van der Waals surface area (Å²) in [5, 5.41) is 6.62. The third-order valence-electron chi connectivity index (χ3n) is 4.20. The van der Waals surface area contributed by atoms with Crippen LogP contribution in [0.25, 0.3) is 0 Å². The fraction of sp³-hybridized carbons (Fsp3) is 0.588. The number of hydrogen-bond donors (Lipinski definition) is 2. The molecule has 21 heavy (non-hydrogen) atoms. The second kappa shape index (κ2) is 8.40. The summed E-state index contributed by atoms with van der Waals surface area (Å²) >= 11 is 0. The average molecular weight is 311 g/mol. The maximum atomic E-state index is 12.4. The maximum absolute atomic E-state index is 12.4. The van der Waals surface area contributed by atoms with E-state index in [9.17, 15) is 4.79 Å². The highest BCUT2D eigenvalue weighted by atomic mass is 35.5. The van der Waals surface area contributed by atoms with Crippen LogP contribution in [0.3, 0.4) is 0 Å². The number of hydrogen-bond acceptors (Lipinski definition) is 2. The molecule has 118 valence electrons. The molecule has 0 spiro atoms. The fourth-order valence-electron chi connectivity index (χ4n) is 2.88. The van der Waals surface area contributed by atoms with Gasteiger partial charge in [0, 0.05) is 12.0 Å². The molecule has 1 aromatic carbocycles. The van der Waals surface area contributed by atoms with Crippen LogP contribution in [0.2, 0.25) is 0 Å². The van der Waals surface area contributed by atoms with Gasteiger partial charge in [0.2, 0.25) is 5.91 Å². The second-order valence-electron chi connectivity index (χ2n) is 5.96. The molecule has 1 aromatic rings. The number of halogens is 1. The number of benzene rings is 1. The maximum Gasteiger partial charge on any atom is 0.223 e. The number of nitrogens with one attached hydrogen (secondary N) is 2. The molecule has 0 aromatic heterocycles. The van der Waals surface area contributed by atoms with Crippen LogP contribution >= 0.6 is 12.4 Å². The Bertz CT molecular complexity index is 447. The summed E-state index contributed by atoms with van der Waals surface area (Å²) in [5.41, 5.74) is 2.45. The lowest BCUT2D eigenvalue weighted by atomic mass is 9.91. The molecule has 1 saturated heterocycles. The van der Waals surface area contributed by atoms with Crippen molar-refractivity contribution < 1.29 is 4.79 Å². The Kier molecular flexibility index (Phi) is 7.20. The summed E-state index contributed by atoms with van der Waals surface area (Å²) in [5.74, 6) is 0.372. The van der Waals surface area contributed by atoms with Gasteiger partial charge in [0.15, 0.2) is 0 Å². The first-order valence-corrected chi connectivity index (χ1v) is 7.70. The predicted octanol–water partition coefficient (Wildman–Crippen LogP) is 3.37. The van der Waals surface area contributed by atoms with E-state index in [-0.39, 0.29) is 30.3 Å². The van der Waals surface area contributed by atoms with E-state index in [1.54, 1.807) is 0 Å². The number of carbonyl (C=O) groups is 1. The van der Waals surface area contributed by atoms with E-state index in [0.717, 1.165) is 25.8 Å². The van der Waals surface area contributed by atoms with Crippen LogP contribution in [0, 0.1) is 12.8 Å². The Morgan fingerprint density at radius 3 is 2.62 bits per heavy atom. The number of aryl methyl sites for hydroxylation is 1. The van der Waals surface area contributed by atoms with Gasteiger partial charge < -0.3 is 10.6 Å². The van der Waals surface area contributed by atoms with Crippen LogP contribution in [-0.2, 0) is 4.79 Å². The summed E-state index contributed by atoms with van der Waals surface area (Å²) in [6.07, 6.45) is 2.81. The van der Waals surface area contributed by atoms with E-state index in [4.69, 9.17) is 0 Å². The van der Waals surface area contributed by atoms with Crippen LogP contribution in [0.1, 0.15) is 50.3 Å². The number of amides is 1. The van der Waals surface area contributed by atoms with Gasteiger partial charge in [-0.3, -0.25) is 4.79 Å². The first-order valence-electron chi connectivity index (χ1n) is 7.70. The third kappa shape index (κ3) is 5.01.